The van der Waals surface area contributed by atoms with Crippen LogP contribution >= 0.6 is 0 Å². The first kappa shape index (κ1) is 17.1. The second kappa shape index (κ2) is 6.83. The molecule has 0 atom stereocenters. The van der Waals surface area contributed by atoms with E-state index in [2.05, 4.69) is 43.5 Å². The third-order valence-electron chi connectivity index (χ3n) is 4.84. The molecule has 6 heteroatoms. The second-order valence-electron chi connectivity index (χ2n) is 6.82. The van der Waals surface area contributed by atoms with Gasteiger partial charge in [0.2, 0.25) is 5.91 Å². The summed E-state index contributed by atoms with van der Waals surface area (Å²) < 4.78 is 0. The Morgan fingerprint density at radius 3 is 2.76 bits per heavy atom. The van der Waals surface area contributed by atoms with Gasteiger partial charge in [0.1, 0.15) is 5.82 Å². The van der Waals surface area contributed by atoms with Gasteiger partial charge in [-0.2, -0.15) is 0 Å². The Kier molecular flexibility index (Phi) is 4.02. The number of hydrogen-bond donors (Lipinski definition) is 2. The summed E-state index contributed by atoms with van der Waals surface area (Å²) in [5, 5.41) is 4.94. The lowest BCUT2D eigenvalue weighted by Gasteiger charge is -2.08. The van der Waals surface area contributed by atoms with Gasteiger partial charge in [-0.25, -0.2) is 4.98 Å². The molecule has 0 saturated carbocycles. The maximum atomic E-state index is 11.4. The number of H-pyrrole nitrogens is 1. The summed E-state index contributed by atoms with van der Waals surface area (Å²) in [6.07, 6.45) is 7.14. The Morgan fingerprint density at radius 2 is 1.86 bits per heavy atom. The number of benzene rings is 1. The number of fused-ring (bicyclic) bond motifs is 2. The molecule has 1 amide bonds. The first-order chi connectivity index (χ1) is 14.2. The number of carbonyl (C=O) groups is 1. The lowest BCUT2D eigenvalue weighted by molar-refractivity contribution is -0.114. The van der Waals surface area contributed by atoms with Crippen molar-refractivity contribution in [3.8, 4) is 22.4 Å². The number of aromatic nitrogens is 4. The van der Waals surface area contributed by atoms with Crippen molar-refractivity contribution in [2.24, 2.45) is 0 Å². The second-order valence-corrected chi connectivity index (χ2v) is 6.82. The largest absolute Gasteiger partial charge is 0.353 e. The van der Waals surface area contributed by atoms with Crippen LogP contribution in [-0.2, 0) is 4.79 Å². The summed E-state index contributed by atoms with van der Waals surface area (Å²) in [7, 11) is 0. The van der Waals surface area contributed by atoms with E-state index in [4.69, 9.17) is 0 Å². The van der Waals surface area contributed by atoms with Crippen LogP contribution in [0.15, 0.2) is 73.3 Å². The van der Waals surface area contributed by atoms with E-state index in [0.29, 0.717) is 5.82 Å². The fourth-order valence-electron chi connectivity index (χ4n) is 3.59. The minimum absolute atomic E-state index is 0.156. The molecule has 2 N–H and O–H groups in total. The van der Waals surface area contributed by atoms with Gasteiger partial charge in [0.25, 0.3) is 0 Å². The highest BCUT2D eigenvalue weighted by molar-refractivity contribution is 6.03. The number of aromatic amines is 1. The van der Waals surface area contributed by atoms with E-state index >= 15 is 0 Å². The van der Waals surface area contributed by atoms with E-state index in [1.165, 1.54) is 6.92 Å². The average molecular weight is 379 g/mol. The summed E-state index contributed by atoms with van der Waals surface area (Å²) in [6, 6.07) is 16.0. The Labute approximate surface area is 166 Å². The van der Waals surface area contributed by atoms with Crippen LogP contribution < -0.4 is 5.32 Å². The number of carbonyl (C=O) groups excluding carboxylic acids is 1. The molecule has 4 aromatic heterocycles. The molecule has 6 nitrogen and oxygen atoms in total. The number of anilines is 1. The summed E-state index contributed by atoms with van der Waals surface area (Å²) in [5.74, 6) is 0.355. The van der Waals surface area contributed by atoms with Gasteiger partial charge < -0.3 is 10.3 Å². The van der Waals surface area contributed by atoms with Crippen LogP contribution in [0, 0.1) is 0 Å². The van der Waals surface area contributed by atoms with Gasteiger partial charge >= 0.3 is 0 Å². The fraction of sp³-hybridized carbons (Fsp3) is 0.0435. The maximum absolute atomic E-state index is 11.4. The molecule has 1 aromatic carbocycles. The lowest BCUT2D eigenvalue weighted by atomic mass is 9.98. The third kappa shape index (κ3) is 3.10. The zero-order valence-electron chi connectivity index (χ0n) is 15.7. The van der Waals surface area contributed by atoms with Crippen LogP contribution in [0.5, 0.6) is 0 Å². The number of nitrogens with zero attached hydrogens (tertiary/aromatic N) is 3. The quantitative estimate of drug-likeness (QED) is 0.472. The van der Waals surface area contributed by atoms with E-state index in [-0.39, 0.29) is 5.91 Å². The van der Waals surface area contributed by atoms with E-state index in [9.17, 15) is 4.79 Å². The Morgan fingerprint density at radius 1 is 0.931 bits per heavy atom. The van der Waals surface area contributed by atoms with Crippen LogP contribution in [-0.4, -0.2) is 25.8 Å². The van der Waals surface area contributed by atoms with Crippen LogP contribution in [0.4, 0.5) is 5.82 Å². The van der Waals surface area contributed by atoms with Gasteiger partial charge in [-0.15, -0.1) is 0 Å². The van der Waals surface area contributed by atoms with Crippen molar-refractivity contribution in [1.29, 1.82) is 0 Å². The van der Waals surface area contributed by atoms with Crippen molar-refractivity contribution in [3.63, 3.8) is 0 Å². The summed E-state index contributed by atoms with van der Waals surface area (Å²) in [5.41, 5.74) is 5.77. The molecule has 5 rings (SSSR count). The van der Waals surface area contributed by atoms with Crippen molar-refractivity contribution in [1.82, 2.24) is 19.9 Å². The molecule has 0 bridgehead atoms. The molecule has 0 fully saturated rings. The van der Waals surface area contributed by atoms with Gasteiger partial charge in [-0.05, 0) is 47.3 Å². The summed E-state index contributed by atoms with van der Waals surface area (Å²) in [4.78, 5) is 28.0. The van der Waals surface area contributed by atoms with Crippen molar-refractivity contribution >= 4 is 33.5 Å². The van der Waals surface area contributed by atoms with Crippen LogP contribution in [0.3, 0.4) is 0 Å². The fourth-order valence-corrected chi connectivity index (χ4v) is 3.59. The molecule has 0 spiro atoms. The Hall–Kier alpha value is -4.06. The molecule has 5 aromatic rings. The Balaban J connectivity index is 1.75. The molecule has 0 aliphatic carbocycles. The standard InChI is InChI=1S/C23H17N5O/c1-14(29)27-20-12-17(7-10-25-20)22-21(23-19(28-22)3-2-8-26-23)16-4-5-18-13-24-9-6-15(18)11-16/h2-13,28H,1H3,(H,25,27,29). The predicted octanol–water partition coefficient (Wildman–Crippen LogP) is 4.80. The van der Waals surface area contributed by atoms with Crippen molar-refractivity contribution in [3.05, 3.63) is 73.3 Å². The highest BCUT2D eigenvalue weighted by atomic mass is 16.1. The van der Waals surface area contributed by atoms with Crippen molar-refractivity contribution in [2.75, 3.05) is 5.32 Å². The first-order valence-electron chi connectivity index (χ1n) is 9.24. The smallest absolute Gasteiger partial charge is 0.222 e. The average Bonchev–Trinajstić information content (AvgIpc) is 3.13. The minimum atomic E-state index is -0.156. The van der Waals surface area contributed by atoms with Crippen LogP contribution in [0.25, 0.3) is 44.2 Å². The van der Waals surface area contributed by atoms with E-state index < -0.39 is 0 Å². The zero-order chi connectivity index (χ0) is 19.8. The zero-order valence-corrected chi connectivity index (χ0v) is 15.7. The van der Waals surface area contributed by atoms with Gasteiger partial charge in [-0.1, -0.05) is 12.1 Å². The SMILES string of the molecule is CC(=O)Nc1cc(-c2[nH]c3cccnc3c2-c2ccc3cnccc3c2)ccn1. The highest BCUT2D eigenvalue weighted by Gasteiger charge is 2.17. The Bertz CT molecular complexity index is 1370. The molecule has 0 unspecified atom stereocenters. The molecule has 0 aliphatic rings. The van der Waals surface area contributed by atoms with Crippen molar-refractivity contribution < 1.29 is 4.79 Å². The molecule has 140 valence electrons. The minimum Gasteiger partial charge on any atom is -0.353 e. The number of rotatable bonds is 3. The van der Waals surface area contributed by atoms with E-state index in [1.807, 2.05) is 36.5 Å². The molecule has 0 aliphatic heterocycles. The topological polar surface area (TPSA) is 83.6 Å². The summed E-state index contributed by atoms with van der Waals surface area (Å²) >= 11 is 0. The van der Waals surface area contributed by atoms with Gasteiger partial charge in [-0.3, -0.25) is 14.8 Å². The van der Waals surface area contributed by atoms with Gasteiger partial charge in [0, 0.05) is 48.2 Å². The molecular formula is C23H17N5O. The maximum Gasteiger partial charge on any atom is 0.222 e. The summed E-state index contributed by atoms with van der Waals surface area (Å²) in [6.45, 7) is 1.47. The molecule has 29 heavy (non-hydrogen) atoms. The number of amides is 1. The van der Waals surface area contributed by atoms with Gasteiger partial charge in [0.15, 0.2) is 0 Å². The lowest BCUT2D eigenvalue weighted by Crippen LogP contribution is -2.07. The normalized spacial score (nSPS) is 11.1. The molecular weight excluding hydrogens is 362 g/mol. The third-order valence-corrected chi connectivity index (χ3v) is 4.84. The van der Waals surface area contributed by atoms with Gasteiger partial charge in [0.05, 0.1) is 16.7 Å². The highest BCUT2D eigenvalue weighted by Crippen LogP contribution is 2.38. The molecule has 0 radical (unpaired) electrons. The number of nitrogens with one attached hydrogen (secondary N) is 2. The molecule has 4 heterocycles. The predicted molar refractivity (Wildman–Crippen MR) is 114 cm³/mol. The van der Waals surface area contributed by atoms with E-state index in [0.717, 1.165) is 44.2 Å². The van der Waals surface area contributed by atoms with Crippen LogP contribution in [0.2, 0.25) is 0 Å². The van der Waals surface area contributed by atoms with Crippen molar-refractivity contribution in [2.45, 2.75) is 6.92 Å². The number of pyridine rings is 3. The first-order valence-corrected chi connectivity index (χ1v) is 9.24. The monoisotopic (exact) mass is 379 g/mol. The number of hydrogen-bond acceptors (Lipinski definition) is 4. The van der Waals surface area contributed by atoms with E-state index in [1.54, 1.807) is 18.6 Å². The molecule has 0 saturated heterocycles. The van der Waals surface area contributed by atoms with Crippen LogP contribution in [0.1, 0.15) is 6.92 Å².